The number of fused-ring (bicyclic) bond motifs is 2. The van der Waals surface area contributed by atoms with Crippen molar-refractivity contribution in [2.45, 2.75) is 57.7 Å². The third-order valence-corrected chi connectivity index (χ3v) is 9.48. The Kier molecular flexibility index (Phi) is 12.3. The maximum Gasteiger partial charge on any atom is 0.325 e. The Morgan fingerprint density at radius 3 is 2.49 bits per heavy atom. The van der Waals surface area contributed by atoms with Crippen molar-refractivity contribution >= 4 is 63.0 Å². The minimum atomic E-state index is -0.580. The van der Waals surface area contributed by atoms with Crippen molar-refractivity contribution in [3.8, 4) is 5.75 Å². The fourth-order valence-electron chi connectivity index (χ4n) is 4.76. The number of thioether (sulfide) groups is 1. The molecule has 4 aromatic rings. The van der Waals surface area contributed by atoms with Crippen LogP contribution < -0.4 is 14.4 Å². The quantitative estimate of drug-likeness (QED) is 0.153. The van der Waals surface area contributed by atoms with E-state index in [9.17, 15) is 18.8 Å². The first-order chi connectivity index (χ1) is 21.7. The van der Waals surface area contributed by atoms with Gasteiger partial charge in [0.1, 0.15) is 17.3 Å². The molecule has 0 fully saturated rings. The van der Waals surface area contributed by atoms with Crippen LogP contribution >= 0.6 is 34.7 Å². The van der Waals surface area contributed by atoms with Gasteiger partial charge in [0.15, 0.2) is 6.10 Å². The zero-order valence-electron chi connectivity index (χ0n) is 25.6. The molecule has 9 nitrogen and oxygen atoms in total. The molecular weight excluding hydrogens is 639 g/mol. The Morgan fingerprint density at radius 1 is 1.09 bits per heavy atom. The molecular formula is C32H36ClFN4O5S2. The van der Waals surface area contributed by atoms with E-state index in [0.29, 0.717) is 35.9 Å². The van der Waals surface area contributed by atoms with Crippen molar-refractivity contribution in [1.82, 2.24) is 14.3 Å². The van der Waals surface area contributed by atoms with Gasteiger partial charge in [0, 0.05) is 36.5 Å². The van der Waals surface area contributed by atoms with Crippen LogP contribution in [0.25, 0.3) is 10.8 Å². The largest absolute Gasteiger partial charge is 0.480 e. The van der Waals surface area contributed by atoms with E-state index in [-0.39, 0.29) is 27.2 Å². The van der Waals surface area contributed by atoms with E-state index >= 15 is 0 Å². The fourth-order valence-corrected chi connectivity index (χ4v) is 6.75. The van der Waals surface area contributed by atoms with E-state index in [1.807, 2.05) is 63.2 Å². The van der Waals surface area contributed by atoms with E-state index in [1.165, 1.54) is 13.2 Å². The molecule has 3 aromatic carbocycles. The number of hydrogen-bond donors (Lipinski definition) is 0. The Hall–Kier alpha value is -3.61. The van der Waals surface area contributed by atoms with Gasteiger partial charge in [-0.1, -0.05) is 48.0 Å². The summed E-state index contributed by atoms with van der Waals surface area (Å²) in [5.74, 6) is -0.132. The second-order valence-electron chi connectivity index (χ2n) is 10.1. The number of carbonyl (C=O) groups excluding carboxylic acids is 2. The van der Waals surface area contributed by atoms with Crippen molar-refractivity contribution in [1.29, 1.82) is 0 Å². The highest BCUT2D eigenvalue weighted by Crippen LogP contribution is 2.33. The number of nitrogens with zero attached hydrogens (tertiary/aromatic N) is 4. The van der Waals surface area contributed by atoms with Crippen molar-refractivity contribution in [2.24, 2.45) is 4.99 Å². The summed E-state index contributed by atoms with van der Waals surface area (Å²) in [6.45, 7) is 8.50. The number of methoxy groups -OCH3 is 1. The van der Waals surface area contributed by atoms with E-state index in [4.69, 9.17) is 16.3 Å². The molecule has 1 unspecified atom stereocenters. The van der Waals surface area contributed by atoms with Crippen molar-refractivity contribution in [3.05, 3.63) is 79.9 Å². The monoisotopic (exact) mass is 674 g/mol. The third kappa shape index (κ3) is 8.56. The maximum atomic E-state index is 14.3. The highest BCUT2D eigenvalue weighted by molar-refractivity contribution is 8.00. The molecule has 1 atom stereocenters. The standard InChI is InChI=1S/C17H21NO2.C15H15ClFN3O3S2/c1-4-18(5-2)17(19)13(3)20-16-12-8-10-14-9-6-7-11-15(14)16;1-23-13(21)8-24-12-7-11(10(17)6-9(12)16)18-14-19-4-2-3-5-20(19)15(22)25-14/h6-13H,4-5H2,1-3H3;6-7H,2-5,8H2,1H3/b;18-14-. The predicted molar refractivity (Wildman–Crippen MR) is 177 cm³/mol. The van der Waals surface area contributed by atoms with Crippen LogP contribution in [0.4, 0.5) is 10.1 Å². The molecule has 0 radical (unpaired) electrons. The summed E-state index contributed by atoms with van der Waals surface area (Å²) < 4.78 is 28.1. The topological polar surface area (TPSA) is 95.1 Å². The van der Waals surface area contributed by atoms with Gasteiger partial charge in [0.25, 0.3) is 5.91 Å². The Morgan fingerprint density at radius 2 is 1.78 bits per heavy atom. The lowest BCUT2D eigenvalue weighted by Crippen LogP contribution is -2.40. The van der Waals surface area contributed by atoms with Crippen LogP contribution in [0, 0.1) is 5.82 Å². The summed E-state index contributed by atoms with van der Waals surface area (Å²) in [4.78, 5) is 42.5. The van der Waals surface area contributed by atoms with Crippen LogP contribution in [0.3, 0.4) is 0 Å². The van der Waals surface area contributed by atoms with Crippen LogP contribution in [-0.4, -0.2) is 58.2 Å². The summed E-state index contributed by atoms with van der Waals surface area (Å²) in [6, 6.07) is 16.6. The molecule has 5 rings (SSSR count). The Balaban J connectivity index is 0.000000210. The average Bonchev–Trinajstić information content (AvgIpc) is 3.37. The minimum Gasteiger partial charge on any atom is -0.480 e. The molecule has 13 heteroatoms. The van der Waals surface area contributed by atoms with Crippen LogP contribution in [0.5, 0.6) is 5.75 Å². The number of aromatic nitrogens is 2. The zero-order chi connectivity index (χ0) is 32.5. The van der Waals surface area contributed by atoms with Gasteiger partial charge >= 0.3 is 10.8 Å². The molecule has 0 aliphatic carbocycles. The molecule has 240 valence electrons. The van der Waals surface area contributed by atoms with Gasteiger partial charge in [0.2, 0.25) is 4.80 Å². The number of ether oxygens (including phenoxy) is 2. The molecule has 0 spiro atoms. The van der Waals surface area contributed by atoms with Crippen LogP contribution in [-0.2, 0) is 27.4 Å². The Bertz CT molecular complexity index is 1780. The highest BCUT2D eigenvalue weighted by Gasteiger charge is 2.20. The lowest BCUT2D eigenvalue weighted by molar-refractivity contribution is -0.138. The van der Waals surface area contributed by atoms with Crippen molar-refractivity contribution < 1.29 is 23.5 Å². The number of hydrogen-bond acceptors (Lipinski definition) is 8. The van der Waals surface area contributed by atoms with Crippen molar-refractivity contribution in [2.75, 3.05) is 26.0 Å². The summed E-state index contributed by atoms with van der Waals surface area (Å²) >= 11 is 8.17. The Labute approximate surface area is 274 Å². The van der Waals surface area contributed by atoms with Gasteiger partial charge < -0.3 is 14.4 Å². The first-order valence-corrected chi connectivity index (χ1v) is 16.8. The predicted octanol–water partition coefficient (Wildman–Crippen LogP) is 6.27. The molecule has 0 saturated carbocycles. The van der Waals surface area contributed by atoms with E-state index in [1.54, 1.807) is 14.3 Å². The van der Waals surface area contributed by atoms with E-state index in [0.717, 1.165) is 58.5 Å². The molecule has 1 aromatic heterocycles. The molecule has 0 bridgehead atoms. The second kappa shape index (κ2) is 16.1. The summed E-state index contributed by atoms with van der Waals surface area (Å²) in [5.41, 5.74) is 0.0829. The molecule has 1 aliphatic rings. The van der Waals surface area contributed by atoms with Crippen molar-refractivity contribution in [3.63, 3.8) is 0 Å². The first-order valence-electron chi connectivity index (χ1n) is 14.6. The average molecular weight is 675 g/mol. The lowest BCUT2D eigenvalue weighted by atomic mass is 10.1. The third-order valence-electron chi connectivity index (χ3n) is 7.16. The van der Waals surface area contributed by atoms with Crippen LogP contribution in [0.15, 0.2) is 69.3 Å². The molecule has 1 amide bonds. The highest BCUT2D eigenvalue weighted by atomic mass is 35.5. The zero-order valence-corrected chi connectivity index (χ0v) is 28.0. The smallest absolute Gasteiger partial charge is 0.325 e. The van der Waals surface area contributed by atoms with Gasteiger partial charge in [-0.25, -0.2) is 14.1 Å². The number of carbonyl (C=O) groups is 2. The maximum absolute atomic E-state index is 14.3. The van der Waals surface area contributed by atoms with Gasteiger partial charge in [-0.05, 0) is 68.5 Å². The molecule has 45 heavy (non-hydrogen) atoms. The SMILES string of the molecule is CCN(CC)C(=O)C(C)Oc1cccc2ccccc12.COC(=O)CSc1cc(/N=c2\sc(=O)n3n2CCCC3)c(F)cc1Cl. The number of esters is 1. The second-order valence-corrected chi connectivity index (χ2v) is 12.4. The van der Waals surface area contributed by atoms with Gasteiger partial charge in [0.05, 0.1) is 17.9 Å². The van der Waals surface area contributed by atoms with Crippen LogP contribution in [0.2, 0.25) is 5.02 Å². The van der Waals surface area contributed by atoms with Gasteiger partial charge in [-0.2, -0.15) is 0 Å². The van der Waals surface area contributed by atoms with E-state index < -0.39 is 17.9 Å². The number of halogens is 2. The molecule has 2 heterocycles. The van der Waals surface area contributed by atoms with E-state index in [2.05, 4.69) is 9.73 Å². The number of amides is 1. The number of likely N-dealkylation sites (N-methyl/N-ethyl adjacent to an activating group) is 1. The summed E-state index contributed by atoms with van der Waals surface area (Å²) in [7, 11) is 1.30. The fraction of sp³-hybridized carbons (Fsp3) is 0.375. The lowest BCUT2D eigenvalue weighted by Gasteiger charge is -2.23. The normalized spacial score (nSPS) is 13.4. The first kappa shape index (κ1) is 34.3. The number of rotatable bonds is 9. The summed E-state index contributed by atoms with van der Waals surface area (Å²) in [5, 5.41) is 2.35. The molecule has 1 aliphatic heterocycles. The molecule has 0 saturated heterocycles. The van der Waals surface area contributed by atoms with Crippen LogP contribution in [0.1, 0.15) is 33.6 Å². The number of benzene rings is 3. The minimum absolute atomic E-state index is 0.0305. The van der Waals surface area contributed by atoms with Gasteiger partial charge in [-0.3, -0.25) is 19.1 Å². The van der Waals surface area contributed by atoms with Gasteiger partial charge in [-0.15, -0.1) is 11.8 Å². The summed E-state index contributed by atoms with van der Waals surface area (Å²) in [6.07, 6.45) is 1.42. The molecule has 0 N–H and O–H groups in total.